The molecule has 19 nitrogen and oxygen atoms in total. The van der Waals surface area contributed by atoms with Crippen LogP contribution in [0.15, 0.2) is 4.99 Å². The Hall–Kier alpha value is -4.52. The molecule has 0 aromatic carbocycles. The number of nitrogens with zero attached hydrogens (tertiary/aromatic N) is 1. The van der Waals surface area contributed by atoms with Gasteiger partial charge in [0.1, 0.15) is 24.2 Å². The number of aliphatic carboxylic acids is 3. The van der Waals surface area contributed by atoms with Crippen LogP contribution in [-0.2, 0) is 33.6 Å². The van der Waals surface area contributed by atoms with Crippen molar-refractivity contribution < 1.29 is 54.0 Å². The minimum atomic E-state index is -1.75. The van der Waals surface area contributed by atoms with Crippen LogP contribution < -0.4 is 38.5 Å². The van der Waals surface area contributed by atoms with E-state index >= 15 is 0 Å². The first-order valence-corrected chi connectivity index (χ1v) is 11.9. The van der Waals surface area contributed by atoms with Gasteiger partial charge in [-0.05, 0) is 26.2 Å². The van der Waals surface area contributed by atoms with Gasteiger partial charge in [-0.25, -0.2) is 4.79 Å². The summed E-state index contributed by atoms with van der Waals surface area (Å²) in [6.07, 6.45) is -1.53. The molecule has 0 aliphatic rings. The smallest absolute Gasteiger partial charge is 0.326 e. The fraction of sp³-hybridized carbons (Fsp3) is 0.619. The van der Waals surface area contributed by atoms with Gasteiger partial charge >= 0.3 is 17.9 Å². The highest BCUT2D eigenvalue weighted by atomic mass is 16.4. The van der Waals surface area contributed by atoms with Crippen molar-refractivity contribution in [2.45, 2.75) is 69.2 Å². The van der Waals surface area contributed by atoms with E-state index in [0.717, 1.165) is 0 Å². The number of carboxylic acid groups (broad SMARTS) is 3. The minimum absolute atomic E-state index is 0.0372. The number of carboxylic acids is 3. The molecule has 0 aromatic heterocycles. The number of guanidine groups is 1. The molecule has 0 aromatic rings. The highest BCUT2D eigenvalue weighted by Gasteiger charge is 2.31. The van der Waals surface area contributed by atoms with E-state index in [0.29, 0.717) is 0 Å². The van der Waals surface area contributed by atoms with Gasteiger partial charge in [-0.3, -0.25) is 33.8 Å². The summed E-state index contributed by atoms with van der Waals surface area (Å²) >= 11 is 0. The Bertz CT molecular complexity index is 970. The summed E-state index contributed by atoms with van der Waals surface area (Å²) in [6, 6.07) is -7.50. The lowest BCUT2D eigenvalue weighted by molar-refractivity contribution is -0.142. The zero-order chi connectivity index (χ0) is 31.0. The van der Waals surface area contributed by atoms with Crippen LogP contribution in [0.25, 0.3) is 0 Å². The number of hydrogen-bond acceptors (Lipinski definition) is 10. The van der Waals surface area contributed by atoms with E-state index in [-0.39, 0.29) is 31.8 Å². The SMILES string of the molecule is C[C@H](NC(=O)[C@H](CO)NC(=O)[C@H](CC(=O)O)NC(=O)[C@@H](N)CCC(=O)O)C(=O)N[C@@H](CCCN=C(N)N)C(=O)O. The van der Waals surface area contributed by atoms with E-state index in [2.05, 4.69) is 20.9 Å². The molecule has 226 valence electrons. The molecule has 19 heteroatoms. The first-order valence-electron chi connectivity index (χ1n) is 11.9. The molecule has 0 aliphatic carbocycles. The van der Waals surface area contributed by atoms with Crippen LogP contribution in [0.2, 0.25) is 0 Å². The van der Waals surface area contributed by atoms with Gasteiger partial charge in [0.15, 0.2) is 5.96 Å². The van der Waals surface area contributed by atoms with Crippen LogP contribution in [0.5, 0.6) is 0 Å². The molecule has 0 bridgehead atoms. The van der Waals surface area contributed by atoms with Crippen molar-refractivity contribution in [3.05, 3.63) is 0 Å². The largest absolute Gasteiger partial charge is 0.481 e. The molecule has 0 spiro atoms. The molecule has 4 amide bonds. The van der Waals surface area contributed by atoms with Gasteiger partial charge in [-0.2, -0.15) is 0 Å². The third kappa shape index (κ3) is 14.4. The van der Waals surface area contributed by atoms with Crippen molar-refractivity contribution in [3.8, 4) is 0 Å². The number of nitrogens with two attached hydrogens (primary N) is 3. The standard InChI is InChI=1S/C21H36N8O11/c1-9(16(35)27-11(20(39)40)3-2-6-25-21(23)24)26-19(38)13(8-30)29-18(37)12(7-15(33)34)28-17(36)10(22)4-5-14(31)32/h9-13,30H,2-8,22H2,1H3,(H,26,38)(H,27,35)(H,28,36)(H,29,37)(H,31,32)(H,33,34)(H,39,40)(H4,23,24,25)/t9-,10-,11-,12-,13-/m0/s1. The average molecular weight is 577 g/mol. The predicted octanol–water partition coefficient (Wildman–Crippen LogP) is -5.26. The van der Waals surface area contributed by atoms with Crippen LogP contribution in [0.3, 0.4) is 0 Å². The van der Waals surface area contributed by atoms with Gasteiger partial charge in [0.25, 0.3) is 0 Å². The van der Waals surface area contributed by atoms with Crippen molar-refractivity contribution in [1.82, 2.24) is 21.3 Å². The van der Waals surface area contributed by atoms with Gasteiger partial charge in [0.05, 0.1) is 19.1 Å². The number of carbonyl (C=O) groups is 7. The van der Waals surface area contributed by atoms with E-state index in [4.69, 9.17) is 27.4 Å². The Labute approximate surface area is 227 Å². The Morgan fingerprint density at radius 2 is 1.30 bits per heavy atom. The molecule has 40 heavy (non-hydrogen) atoms. The molecule has 0 saturated heterocycles. The van der Waals surface area contributed by atoms with Crippen molar-refractivity contribution in [3.63, 3.8) is 0 Å². The molecule has 0 aliphatic heterocycles. The van der Waals surface area contributed by atoms with Crippen molar-refractivity contribution in [2.75, 3.05) is 13.2 Å². The highest BCUT2D eigenvalue weighted by Crippen LogP contribution is 2.02. The molecule has 0 radical (unpaired) electrons. The predicted molar refractivity (Wildman–Crippen MR) is 135 cm³/mol. The second-order valence-electron chi connectivity index (χ2n) is 8.52. The maximum atomic E-state index is 12.6. The number of hydrogen-bond donors (Lipinski definition) is 11. The molecule has 0 heterocycles. The average Bonchev–Trinajstić information content (AvgIpc) is 2.85. The van der Waals surface area contributed by atoms with E-state index in [1.165, 1.54) is 6.92 Å². The Morgan fingerprint density at radius 1 is 0.750 bits per heavy atom. The quantitative estimate of drug-likeness (QED) is 0.0389. The first-order chi connectivity index (χ1) is 18.6. The summed E-state index contributed by atoms with van der Waals surface area (Å²) in [5, 5.41) is 45.1. The molecular weight excluding hydrogens is 540 g/mol. The lowest BCUT2D eigenvalue weighted by Gasteiger charge is -2.24. The summed E-state index contributed by atoms with van der Waals surface area (Å²) in [5.41, 5.74) is 15.9. The second-order valence-corrected chi connectivity index (χ2v) is 8.52. The van der Waals surface area contributed by atoms with Crippen LogP contribution in [-0.4, -0.2) is 111 Å². The van der Waals surface area contributed by atoms with E-state index < -0.39 is 91.2 Å². The third-order valence-corrected chi connectivity index (χ3v) is 5.15. The number of amides is 4. The summed E-state index contributed by atoms with van der Waals surface area (Å²) < 4.78 is 0. The Balaban J connectivity index is 5.20. The maximum absolute atomic E-state index is 12.6. The minimum Gasteiger partial charge on any atom is -0.481 e. The fourth-order valence-electron chi connectivity index (χ4n) is 2.98. The summed E-state index contributed by atoms with van der Waals surface area (Å²) in [6.45, 7) is 0.317. The molecule has 5 atom stereocenters. The van der Waals surface area contributed by atoms with Crippen molar-refractivity contribution in [1.29, 1.82) is 0 Å². The van der Waals surface area contributed by atoms with Crippen LogP contribution in [0.1, 0.15) is 39.0 Å². The topological polar surface area (TPSA) is 339 Å². The maximum Gasteiger partial charge on any atom is 0.326 e. The van der Waals surface area contributed by atoms with Gasteiger partial charge in [-0.1, -0.05) is 0 Å². The summed E-state index contributed by atoms with van der Waals surface area (Å²) in [7, 11) is 0. The zero-order valence-corrected chi connectivity index (χ0v) is 21.7. The van der Waals surface area contributed by atoms with E-state index in [1.54, 1.807) is 0 Å². The summed E-state index contributed by atoms with van der Waals surface area (Å²) in [4.78, 5) is 86.7. The van der Waals surface area contributed by atoms with Gasteiger partial charge in [0.2, 0.25) is 23.6 Å². The molecule has 0 saturated carbocycles. The molecule has 0 rings (SSSR count). The normalized spacial score (nSPS) is 14.3. The zero-order valence-electron chi connectivity index (χ0n) is 21.7. The third-order valence-electron chi connectivity index (χ3n) is 5.15. The Kier molecular flexibility index (Phi) is 15.9. The lowest BCUT2D eigenvalue weighted by atomic mass is 10.1. The molecule has 0 fully saturated rings. The number of rotatable bonds is 19. The first kappa shape index (κ1) is 35.5. The number of aliphatic hydroxyl groups excluding tert-OH is 1. The second kappa shape index (κ2) is 17.9. The molecule has 14 N–H and O–H groups in total. The van der Waals surface area contributed by atoms with Crippen LogP contribution in [0, 0.1) is 0 Å². The fourth-order valence-corrected chi connectivity index (χ4v) is 2.98. The molecule has 0 unspecified atom stereocenters. The van der Waals surface area contributed by atoms with E-state index in [1.807, 2.05) is 5.32 Å². The number of carbonyl (C=O) groups excluding carboxylic acids is 4. The number of aliphatic imine (C=N–C) groups is 1. The van der Waals surface area contributed by atoms with Crippen LogP contribution in [0.4, 0.5) is 0 Å². The summed E-state index contributed by atoms with van der Waals surface area (Å²) in [5.74, 6) is -8.50. The van der Waals surface area contributed by atoms with Gasteiger partial charge in [0, 0.05) is 13.0 Å². The lowest BCUT2D eigenvalue weighted by Crippen LogP contribution is -2.59. The number of nitrogens with one attached hydrogen (secondary N) is 4. The molecular formula is C21H36N8O11. The van der Waals surface area contributed by atoms with Crippen molar-refractivity contribution >= 4 is 47.5 Å². The van der Waals surface area contributed by atoms with E-state index in [9.17, 15) is 43.8 Å². The monoisotopic (exact) mass is 576 g/mol. The van der Waals surface area contributed by atoms with Gasteiger partial charge < -0.3 is 58.9 Å². The van der Waals surface area contributed by atoms with Gasteiger partial charge in [-0.15, -0.1) is 0 Å². The van der Waals surface area contributed by atoms with Crippen LogP contribution >= 0.6 is 0 Å². The number of aliphatic hydroxyl groups is 1. The highest BCUT2D eigenvalue weighted by molar-refractivity contribution is 5.96. The Morgan fingerprint density at radius 3 is 1.80 bits per heavy atom. The van der Waals surface area contributed by atoms with Crippen molar-refractivity contribution in [2.24, 2.45) is 22.2 Å².